The molecule has 0 aromatic heterocycles. The minimum atomic E-state index is -5.48. The summed E-state index contributed by atoms with van der Waals surface area (Å²) >= 11 is 0. The van der Waals surface area contributed by atoms with E-state index in [9.17, 15) is 12.3 Å². The van der Waals surface area contributed by atoms with Gasteiger partial charge in [-0.1, -0.05) is 130 Å². The first-order chi connectivity index (χ1) is 15.2. The first-order valence-electron chi connectivity index (χ1n) is 12.7. The Morgan fingerprint density at radius 3 is 0.649 bits per heavy atom. The molecule has 0 heterocycles. The number of nitrogens with zero attached hydrogens (tertiary/aromatic N) is 3. The van der Waals surface area contributed by atoms with Crippen LogP contribution in [-0.2, 0) is 25.8 Å². The van der Waals surface area contributed by atoms with E-state index in [2.05, 4.69) is 141 Å². The quantitative estimate of drug-likeness (QED) is 0.158. The van der Waals surface area contributed by atoms with E-state index in [0.717, 1.165) is 12.1 Å². The maximum atomic E-state index is 11.8. The Labute approximate surface area is 249 Å². The Kier molecular flexibility index (Phi) is 19.6. The van der Waals surface area contributed by atoms with Crippen molar-refractivity contribution in [2.24, 2.45) is 0 Å². The van der Waals surface area contributed by atoms with Crippen LogP contribution >= 0.6 is 0 Å². The van der Waals surface area contributed by atoms with E-state index in [-0.39, 0.29) is 59.1 Å². The van der Waals surface area contributed by atoms with Crippen LogP contribution in [0.15, 0.2) is 24.3 Å². The van der Waals surface area contributed by atoms with Gasteiger partial charge in [0.05, 0.1) is 0 Å². The van der Waals surface area contributed by atoms with Crippen LogP contribution in [0.2, 0.25) is 0 Å². The molecule has 0 saturated carbocycles. The smallest absolute Gasteiger partial charge is 0.653 e. The average Bonchev–Trinajstić information content (AvgIpc) is 2.89. The summed E-state index contributed by atoms with van der Waals surface area (Å²) < 4.78 is 35.3. The van der Waals surface area contributed by atoms with Crippen molar-refractivity contribution in [2.75, 3.05) is 0 Å². The van der Waals surface area contributed by atoms with Crippen molar-refractivity contribution < 1.29 is 38.2 Å². The summed E-state index contributed by atoms with van der Waals surface area (Å²) in [7, 11) is -5.48. The van der Waals surface area contributed by atoms with E-state index in [1.165, 1.54) is 12.1 Å². The normalized spacial score (nSPS) is 13.1. The first-order valence-corrected chi connectivity index (χ1v) is 14.4. The second-order valence-electron chi connectivity index (χ2n) is 15.0. The van der Waals surface area contributed by atoms with Crippen LogP contribution in [0.3, 0.4) is 0 Å². The van der Waals surface area contributed by atoms with Crippen LogP contribution in [0.5, 0.6) is 0 Å². The summed E-state index contributed by atoms with van der Waals surface area (Å²) in [5.41, 5.74) is 0.656. The van der Waals surface area contributed by atoms with E-state index >= 15 is 0 Å². The number of halogens is 3. The van der Waals surface area contributed by atoms with Gasteiger partial charge in [-0.2, -0.15) is 12.1 Å². The van der Waals surface area contributed by atoms with Gasteiger partial charge in [-0.05, 0) is 0 Å². The molecule has 0 radical (unpaired) electrons. The first kappa shape index (κ1) is 44.1. The molecule has 0 aliphatic rings. The zero-order chi connectivity index (χ0) is 30.0. The fourth-order valence-electron chi connectivity index (χ4n) is 3.58. The van der Waals surface area contributed by atoms with Crippen LogP contribution in [0.1, 0.15) is 125 Å². The van der Waals surface area contributed by atoms with Gasteiger partial charge in [0.1, 0.15) is 0 Å². The molecule has 0 spiro atoms. The fourth-order valence-corrected chi connectivity index (χ4v) is 4.15. The molecule has 3 nitrogen and oxygen atoms in total. The van der Waals surface area contributed by atoms with Crippen LogP contribution in [0.25, 0.3) is 16.0 Å². The summed E-state index contributed by atoms with van der Waals surface area (Å²) in [5.74, 6) is 0. The molecule has 0 N–H and O–H groups in total. The summed E-state index contributed by atoms with van der Waals surface area (Å²) in [4.78, 5) is 0. The number of rotatable bonds is 1. The van der Waals surface area contributed by atoms with Gasteiger partial charge in [-0.15, -0.1) is 33.2 Å². The van der Waals surface area contributed by atoms with Gasteiger partial charge >= 0.3 is 34.9 Å². The SMILES string of the molecule is CC(C)(C)[N-]C(C)(C)C.CC(C)(C)[N-]C(C)(C)C.CC(C)(C)[N-]C(C)(C)C.F[Si](F)(F)[c-]1cccc1.[Hf+4]. The van der Waals surface area contributed by atoms with Crippen molar-refractivity contribution >= 4 is 14.3 Å². The van der Waals surface area contributed by atoms with Gasteiger partial charge in [-0.3, -0.25) is 0 Å². The molecule has 1 aromatic rings. The van der Waals surface area contributed by atoms with Crippen molar-refractivity contribution in [1.29, 1.82) is 0 Å². The number of hydrogen-bond acceptors (Lipinski definition) is 0. The summed E-state index contributed by atoms with van der Waals surface area (Å²) in [5, 5.41) is 13.2. The topological polar surface area (TPSA) is 42.3 Å². The van der Waals surface area contributed by atoms with E-state index in [4.69, 9.17) is 0 Å². The Balaban J connectivity index is -0.000000194. The Bertz CT molecular complexity index is 578. The molecule has 0 fully saturated rings. The second kappa shape index (κ2) is 16.4. The monoisotopic (exact) mass is 713 g/mol. The zero-order valence-corrected chi connectivity index (χ0v) is 31.9. The molecule has 0 bridgehead atoms. The standard InChI is InChI=1S/3C8H18N.C5H4F3Si.Hf/c3*1-7(2,3)9-8(4,5)6;6-9(7,8)5-3-1-2-4-5;/h3*1-6H3;1-4H;/q4*-1;+4. The minimum absolute atomic E-state index is 0. The van der Waals surface area contributed by atoms with Crippen LogP contribution < -0.4 is 5.19 Å². The van der Waals surface area contributed by atoms with Crippen LogP contribution in [0.4, 0.5) is 12.3 Å². The van der Waals surface area contributed by atoms with Gasteiger partial charge in [0.2, 0.25) is 0 Å². The van der Waals surface area contributed by atoms with E-state index < -0.39 is 14.3 Å². The Morgan fingerprint density at radius 1 is 0.432 bits per heavy atom. The summed E-state index contributed by atoms with van der Waals surface area (Å²) in [6.45, 7) is 38.2. The van der Waals surface area contributed by atoms with Gasteiger partial charge < -0.3 is 16.0 Å². The molecule has 0 amide bonds. The second-order valence-corrected chi connectivity index (χ2v) is 16.6. The molecular weight excluding hydrogens is 654 g/mol. The molecule has 0 saturated heterocycles. The average molecular weight is 712 g/mol. The summed E-state index contributed by atoms with van der Waals surface area (Å²) in [6.07, 6.45) is 0. The molecule has 1 rings (SSSR count). The van der Waals surface area contributed by atoms with E-state index in [1.54, 1.807) is 0 Å². The van der Waals surface area contributed by atoms with E-state index in [0.29, 0.717) is 0 Å². The van der Waals surface area contributed by atoms with Gasteiger partial charge in [-0.25, -0.2) is 24.5 Å². The molecule has 37 heavy (non-hydrogen) atoms. The molecule has 0 aliphatic heterocycles. The molecular formula is C29H58F3HfN3Si. The molecule has 0 aliphatic carbocycles. The maximum Gasteiger partial charge on any atom is 4.00 e. The molecule has 8 heteroatoms. The van der Waals surface area contributed by atoms with Crippen LogP contribution in [-0.4, -0.2) is 42.3 Å². The predicted octanol–water partition coefficient (Wildman–Crippen LogP) is 10.3. The Morgan fingerprint density at radius 2 is 0.595 bits per heavy atom. The van der Waals surface area contributed by atoms with Crippen molar-refractivity contribution in [1.82, 2.24) is 0 Å². The van der Waals surface area contributed by atoms with Gasteiger partial charge in [0.15, 0.2) is 0 Å². The fraction of sp³-hybridized carbons (Fsp3) is 0.828. The number of hydrogen-bond donors (Lipinski definition) is 0. The van der Waals surface area contributed by atoms with Crippen molar-refractivity contribution in [3.8, 4) is 0 Å². The third-order valence-corrected chi connectivity index (χ3v) is 3.99. The molecule has 218 valence electrons. The van der Waals surface area contributed by atoms with Crippen LogP contribution in [0, 0.1) is 0 Å². The van der Waals surface area contributed by atoms with Crippen molar-refractivity contribution in [2.45, 2.75) is 158 Å². The molecule has 0 unspecified atom stereocenters. The van der Waals surface area contributed by atoms with Gasteiger partial charge in [0, 0.05) is 0 Å². The van der Waals surface area contributed by atoms with Gasteiger partial charge in [0.25, 0.3) is 0 Å². The third kappa shape index (κ3) is 43.4. The summed E-state index contributed by atoms with van der Waals surface area (Å²) in [6, 6.07) is 5.00. The molecule has 0 atom stereocenters. The van der Waals surface area contributed by atoms with Crippen molar-refractivity contribution in [3.63, 3.8) is 0 Å². The van der Waals surface area contributed by atoms with E-state index in [1.807, 2.05) is 0 Å². The van der Waals surface area contributed by atoms with Crippen molar-refractivity contribution in [3.05, 3.63) is 40.2 Å². The minimum Gasteiger partial charge on any atom is -0.653 e. The zero-order valence-electron chi connectivity index (χ0n) is 27.3. The Hall–Kier alpha value is 0.107. The predicted molar refractivity (Wildman–Crippen MR) is 159 cm³/mol. The maximum absolute atomic E-state index is 11.8. The molecule has 1 aromatic carbocycles. The largest absolute Gasteiger partial charge is 4.00 e. The third-order valence-electron chi connectivity index (χ3n) is 3.00.